The molecule has 35 heavy (non-hydrogen) atoms. The molecule has 1 saturated heterocycles. The van der Waals surface area contributed by atoms with Crippen LogP contribution in [0.25, 0.3) is 21.0 Å². The van der Waals surface area contributed by atoms with Crippen LogP contribution in [0.2, 0.25) is 0 Å². The van der Waals surface area contributed by atoms with E-state index in [0.717, 1.165) is 36.0 Å². The number of nitrogens with one attached hydrogen (secondary N) is 2. The van der Waals surface area contributed by atoms with Gasteiger partial charge in [-0.25, -0.2) is 0 Å². The fraction of sp³-hybridized carbons (Fsp3) is 0.370. The van der Waals surface area contributed by atoms with Crippen molar-refractivity contribution in [2.45, 2.75) is 37.8 Å². The van der Waals surface area contributed by atoms with Crippen molar-refractivity contribution in [1.29, 1.82) is 0 Å². The molecule has 3 atom stereocenters. The van der Waals surface area contributed by atoms with Crippen LogP contribution < -0.4 is 14.8 Å². The number of fused-ring (bicyclic) bond motifs is 2. The Balaban J connectivity index is 1.18. The number of anilines is 1. The van der Waals surface area contributed by atoms with Crippen molar-refractivity contribution in [3.8, 4) is 11.5 Å². The lowest BCUT2D eigenvalue weighted by molar-refractivity contribution is -0.105. The molecule has 4 aromatic rings. The molecule has 0 unspecified atom stereocenters. The minimum atomic E-state index is -0.593. The first kappa shape index (κ1) is 23.7. The number of nitrogens with zero attached hydrogens (tertiary/aromatic N) is 1. The number of β-amino-alcohol motifs (C(OH)–C–C–N with tert-alkyl or cyclic N) is 1. The van der Waals surface area contributed by atoms with E-state index >= 15 is 0 Å². The zero-order chi connectivity index (χ0) is 24.4. The highest BCUT2D eigenvalue weighted by Crippen LogP contribution is 2.40. The lowest BCUT2D eigenvalue weighted by atomic mass is 9.90. The summed E-state index contributed by atoms with van der Waals surface area (Å²) in [5, 5.41) is 15.4. The van der Waals surface area contributed by atoms with Crippen LogP contribution in [-0.2, 0) is 4.79 Å². The molecule has 3 N–H and O–H groups in total. The molecule has 0 radical (unpaired) electrons. The fourth-order valence-electron chi connectivity index (χ4n) is 5.09. The first-order chi connectivity index (χ1) is 17.1. The van der Waals surface area contributed by atoms with Gasteiger partial charge < -0.3 is 24.9 Å². The van der Waals surface area contributed by atoms with Gasteiger partial charge in [-0.1, -0.05) is 12.1 Å². The topological polar surface area (TPSA) is 86.8 Å². The van der Waals surface area contributed by atoms with Gasteiger partial charge in [0, 0.05) is 32.9 Å². The Bertz CT molecular complexity index is 1320. The molecule has 1 aliphatic heterocycles. The average molecular weight is 494 g/mol. The van der Waals surface area contributed by atoms with Crippen LogP contribution in [0.5, 0.6) is 11.5 Å². The van der Waals surface area contributed by atoms with Gasteiger partial charge >= 0.3 is 0 Å². The normalized spacial score (nSPS) is 19.6. The third-order valence-electron chi connectivity index (χ3n) is 6.89. The molecular formula is C27H31N3O4S. The number of hydrogen-bond acceptors (Lipinski definition) is 6. The van der Waals surface area contributed by atoms with Gasteiger partial charge in [0.2, 0.25) is 6.41 Å². The highest BCUT2D eigenvalue weighted by molar-refractivity contribution is 7.19. The van der Waals surface area contributed by atoms with Gasteiger partial charge in [-0.05, 0) is 68.6 Å². The number of amides is 1. The van der Waals surface area contributed by atoms with Gasteiger partial charge in [-0.3, -0.25) is 9.69 Å². The molecule has 0 aliphatic carbocycles. The lowest BCUT2D eigenvalue weighted by Gasteiger charge is -2.38. The number of aliphatic hydroxyl groups is 1. The minimum absolute atomic E-state index is 0.212. The van der Waals surface area contributed by atoms with Crippen molar-refractivity contribution in [1.82, 2.24) is 9.88 Å². The number of carbonyl (C=O) groups excluding carboxylic acids is 1. The predicted octanol–water partition coefficient (Wildman–Crippen LogP) is 4.97. The van der Waals surface area contributed by atoms with Crippen molar-refractivity contribution < 1.29 is 19.4 Å². The second kappa shape index (κ2) is 10.3. The third kappa shape index (κ3) is 5.00. The highest BCUT2D eigenvalue weighted by Gasteiger charge is 2.29. The number of ether oxygens (including phenoxy) is 2. The van der Waals surface area contributed by atoms with E-state index in [1.807, 2.05) is 47.7 Å². The maximum atomic E-state index is 10.7. The summed E-state index contributed by atoms with van der Waals surface area (Å²) in [4.78, 5) is 17.6. The molecule has 8 heteroatoms. The number of aromatic amines is 1. The van der Waals surface area contributed by atoms with Crippen molar-refractivity contribution >= 4 is 44.6 Å². The zero-order valence-corrected chi connectivity index (χ0v) is 20.8. The maximum absolute atomic E-state index is 10.7. The minimum Gasteiger partial charge on any atom is -0.496 e. The summed E-state index contributed by atoms with van der Waals surface area (Å²) < 4.78 is 12.8. The smallest absolute Gasteiger partial charge is 0.212 e. The number of carbonyl (C=O) groups is 1. The third-order valence-corrected chi connectivity index (χ3v) is 8.15. The van der Waals surface area contributed by atoms with E-state index in [1.165, 1.54) is 15.0 Å². The fourth-order valence-corrected chi connectivity index (χ4v) is 6.31. The molecule has 184 valence electrons. The molecule has 3 heterocycles. The van der Waals surface area contributed by atoms with E-state index in [-0.39, 0.29) is 6.61 Å². The van der Waals surface area contributed by atoms with Crippen LogP contribution in [-0.4, -0.2) is 60.4 Å². The standard InChI is InChI=1S/C27H31N3O4S/c1-17-11-18(26-12-21-23(33-2)6-4-8-25(21)35-26)9-10-30(17)14-19(32)15-34-24-7-3-5-22-20(24)13-27(29-22)28-16-31/h3-8,12-13,16-19,29,32H,9-11,14-15H2,1-2H3,(H,28,31)/t17-,18+,19+/m1/s1. The van der Waals surface area contributed by atoms with Crippen molar-refractivity contribution in [3.63, 3.8) is 0 Å². The van der Waals surface area contributed by atoms with Gasteiger partial charge in [-0.2, -0.15) is 0 Å². The van der Waals surface area contributed by atoms with E-state index in [0.29, 0.717) is 36.5 Å². The molecule has 0 saturated carbocycles. The summed E-state index contributed by atoms with van der Waals surface area (Å²) in [6, 6.07) is 16.4. The van der Waals surface area contributed by atoms with E-state index in [9.17, 15) is 9.90 Å². The van der Waals surface area contributed by atoms with Crippen molar-refractivity contribution in [2.75, 3.05) is 32.1 Å². The van der Waals surface area contributed by atoms with Gasteiger partial charge in [0.25, 0.3) is 0 Å². The number of piperidine rings is 1. The van der Waals surface area contributed by atoms with E-state index < -0.39 is 6.10 Å². The lowest BCUT2D eigenvalue weighted by Crippen LogP contribution is -2.45. The summed E-state index contributed by atoms with van der Waals surface area (Å²) in [5.74, 6) is 2.76. The number of aromatic nitrogens is 1. The average Bonchev–Trinajstić information content (AvgIpc) is 3.48. The molecule has 0 bridgehead atoms. The summed E-state index contributed by atoms with van der Waals surface area (Å²) in [6.07, 6.45) is 2.18. The molecule has 0 spiro atoms. The number of aliphatic hydroxyl groups excluding tert-OH is 1. The quantitative estimate of drug-likeness (QED) is 0.287. The Morgan fingerprint density at radius 1 is 1.23 bits per heavy atom. The number of hydrogen-bond donors (Lipinski definition) is 3. The van der Waals surface area contributed by atoms with Crippen LogP contribution in [0, 0.1) is 0 Å². The maximum Gasteiger partial charge on any atom is 0.212 e. The zero-order valence-electron chi connectivity index (χ0n) is 20.0. The molecule has 5 rings (SSSR count). The summed E-state index contributed by atoms with van der Waals surface area (Å²) in [7, 11) is 1.72. The highest BCUT2D eigenvalue weighted by atomic mass is 32.1. The molecule has 2 aromatic carbocycles. The van der Waals surface area contributed by atoms with E-state index in [1.54, 1.807) is 7.11 Å². The first-order valence-corrected chi connectivity index (χ1v) is 12.8. The second-order valence-electron chi connectivity index (χ2n) is 9.21. The van der Waals surface area contributed by atoms with Crippen LogP contribution in [0.4, 0.5) is 5.82 Å². The van der Waals surface area contributed by atoms with Crippen molar-refractivity contribution in [2.24, 2.45) is 0 Å². The molecule has 1 aliphatic rings. The van der Waals surface area contributed by atoms with Gasteiger partial charge in [0.1, 0.15) is 30.0 Å². The number of likely N-dealkylation sites (tertiary alicyclic amines) is 1. The number of thiophene rings is 1. The van der Waals surface area contributed by atoms with Gasteiger partial charge in [0.05, 0.1) is 12.6 Å². The Kier molecular flexibility index (Phi) is 6.95. The monoisotopic (exact) mass is 493 g/mol. The Morgan fingerprint density at radius 2 is 2.06 bits per heavy atom. The number of benzene rings is 2. The molecule has 7 nitrogen and oxygen atoms in total. The van der Waals surface area contributed by atoms with Crippen LogP contribution >= 0.6 is 11.3 Å². The molecule has 2 aromatic heterocycles. The Hall–Kier alpha value is -3.07. The number of rotatable bonds is 9. The molecule has 1 fully saturated rings. The second-order valence-corrected chi connectivity index (χ2v) is 10.3. The largest absolute Gasteiger partial charge is 0.496 e. The summed E-state index contributed by atoms with van der Waals surface area (Å²) in [6.45, 7) is 3.98. The van der Waals surface area contributed by atoms with E-state index in [4.69, 9.17) is 9.47 Å². The Morgan fingerprint density at radius 3 is 2.86 bits per heavy atom. The van der Waals surface area contributed by atoms with Gasteiger partial charge in [-0.15, -0.1) is 11.3 Å². The number of H-pyrrole nitrogens is 1. The first-order valence-electron chi connectivity index (χ1n) is 12.0. The predicted molar refractivity (Wildman–Crippen MR) is 141 cm³/mol. The molecule has 1 amide bonds. The summed E-state index contributed by atoms with van der Waals surface area (Å²) >= 11 is 1.87. The van der Waals surface area contributed by atoms with E-state index in [2.05, 4.69) is 34.3 Å². The van der Waals surface area contributed by atoms with Crippen LogP contribution in [0.15, 0.2) is 48.5 Å². The van der Waals surface area contributed by atoms with Crippen molar-refractivity contribution in [3.05, 3.63) is 53.4 Å². The van der Waals surface area contributed by atoms with Crippen LogP contribution in [0.3, 0.4) is 0 Å². The summed E-state index contributed by atoms with van der Waals surface area (Å²) in [5.41, 5.74) is 0.871. The van der Waals surface area contributed by atoms with Crippen LogP contribution in [0.1, 0.15) is 30.6 Å². The SMILES string of the molecule is COc1cccc2sc([C@H]3CCN(C[C@H](O)COc4cccc5[nH]c(NC=O)cc45)[C@H](C)C3)cc12. The Labute approximate surface area is 208 Å². The number of methoxy groups -OCH3 is 1. The van der Waals surface area contributed by atoms with Gasteiger partial charge in [0.15, 0.2) is 0 Å². The molecular weight excluding hydrogens is 462 g/mol.